The van der Waals surface area contributed by atoms with E-state index in [1.54, 1.807) is 23.8 Å². The Morgan fingerprint density at radius 2 is 2.00 bits per heavy atom. The zero-order chi connectivity index (χ0) is 27.6. The Hall–Kier alpha value is -3.49. The molecule has 0 aliphatic heterocycles. The van der Waals surface area contributed by atoms with Gasteiger partial charge in [0.25, 0.3) is 0 Å². The standard InChI is InChI=1S/C25H24F3N7O2S2/c1-14-8-16(10-17(9-14)33-23-29-7-4-19(34-23)25(26,27)28)18-11-31-22(39-18)24(37)5-2-15(3-6-24)21(36)30-12-20-35-32-13-38-20/h4,7-11,13,15,37H,2-3,5-6,12H2,1H3,(H,30,36)(H,29,33,34)/t15-,24-. The van der Waals surface area contributed by atoms with Gasteiger partial charge in [0.15, 0.2) is 0 Å². The van der Waals surface area contributed by atoms with Crippen LogP contribution in [0, 0.1) is 12.8 Å². The molecule has 1 saturated carbocycles. The van der Waals surface area contributed by atoms with E-state index >= 15 is 0 Å². The average molecular weight is 576 g/mol. The van der Waals surface area contributed by atoms with E-state index in [9.17, 15) is 23.1 Å². The molecule has 14 heteroatoms. The highest BCUT2D eigenvalue weighted by Gasteiger charge is 2.39. The number of nitrogens with one attached hydrogen (secondary N) is 2. The van der Waals surface area contributed by atoms with Crippen LogP contribution < -0.4 is 10.6 Å². The van der Waals surface area contributed by atoms with E-state index in [0.29, 0.717) is 42.9 Å². The van der Waals surface area contributed by atoms with E-state index in [1.165, 1.54) is 22.7 Å². The second kappa shape index (κ2) is 10.9. The van der Waals surface area contributed by atoms with Crippen molar-refractivity contribution in [3.05, 3.63) is 63.4 Å². The largest absolute Gasteiger partial charge is 0.433 e. The maximum absolute atomic E-state index is 13.0. The molecule has 5 rings (SSSR count). The summed E-state index contributed by atoms with van der Waals surface area (Å²) in [6, 6.07) is 6.30. The molecule has 3 N–H and O–H groups in total. The van der Waals surface area contributed by atoms with Crippen molar-refractivity contribution in [1.82, 2.24) is 30.5 Å². The Morgan fingerprint density at radius 3 is 2.72 bits per heavy atom. The number of benzene rings is 1. The van der Waals surface area contributed by atoms with Crippen molar-refractivity contribution >= 4 is 40.2 Å². The molecular formula is C25H24F3N7O2S2. The van der Waals surface area contributed by atoms with Crippen molar-refractivity contribution in [3.8, 4) is 10.4 Å². The van der Waals surface area contributed by atoms with Crippen molar-refractivity contribution in [1.29, 1.82) is 0 Å². The number of aryl methyl sites for hydroxylation is 1. The third kappa shape index (κ3) is 6.40. The van der Waals surface area contributed by atoms with Gasteiger partial charge in [0.1, 0.15) is 26.8 Å². The van der Waals surface area contributed by atoms with Crippen LogP contribution in [-0.4, -0.2) is 36.2 Å². The number of carbonyl (C=O) groups excluding carboxylic acids is 1. The summed E-state index contributed by atoms with van der Waals surface area (Å²) >= 11 is 2.73. The Kier molecular flexibility index (Phi) is 7.60. The van der Waals surface area contributed by atoms with Gasteiger partial charge >= 0.3 is 6.18 Å². The number of amides is 1. The average Bonchev–Trinajstić information content (AvgIpc) is 3.60. The quantitative estimate of drug-likeness (QED) is 0.274. The highest BCUT2D eigenvalue weighted by molar-refractivity contribution is 7.15. The number of hydrogen-bond donors (Lipinski definition) is 3. The molecule has 0 unspecified atom stereocenters. The topological polar surface area (TPSA) is 126 Å². The molecule has 0 atom stereocenters. The van der Waals surface area contributed by atoms with Crippen molar-refractivity contribution < 1.29 is 23.1 Å². The van der Waals surface area contributed by atoms with Crippen LogP contribution in [0.1, 0.15) is 47.0 Å². The van der Waals surface area contributed by atoms with Gasteiger partial charge in [0.05, 0.1) is 11.4 Å². The summed E-state index contributed by atoms with van der Waals surface area (Å²) < 4.78 is 39.1. The molecule has 1 fully saturated rings. The zero-order valence-corrected chi connectivity index (χ0v) is 22.3. The first-order valence-corrected chi connectivity index (χ1v) is 13.8. The number of carbonyl (C=O) groups is 1. The first kappa shape index (κ1) is 27.1. The number of hydrogen-bond acceptors (Lipinski definition) is 10. The van der Waals surface area contributed by atoms with Crippen LogP contribution >= 0.6 is 22.7 Å². The third-order valence-corrected chi connectivity index (χ3v) is 8.41. The lowest BCUT2D eigenvalue weighted by atomic mass is 9.78. The van der Waals surface area contributed by atoms with Crippen LogP contribution in [0.4, 0.5) is 24.8 Å². The molecule has 1 aromatic carbocycles. The van der Waals surface area contributed by atoms with Crippen LogP contribution in [0.2, 0.25) is 0 Å². The summed E-state index contributed by atoms with van der Waals surface area (Å²) in [5.74, 6) is -0.414. The maximum Gasteiger partial charge on any atom is 0.433 e. The van der Waals surface area contributed by atoms with Crippen molar-refractivity contribution in [2.24, 2.45) is 5.92 Å². The van der Waals surface area contributed by atoms with Crippen molar-refractivity contribution in [2.75, 3.05) is 5.32 Å². The second-order valence-corrected chi connectivity index (χ2v) is 11.3. The molecule has 1 amide bonds. The number of aromatic nitrogens is 5. The molecule has 1 aliphatic rings. The van der Waals surface area contributed by atoms with Gasteiger partial charge in [0, 0.05) is 24.0 Å². The number of alkyl halides is 3. The molecule has 4 aromatic rings. The van der Waals surface area contributed by atoms with Crippen LogP contribution in [-0.2, 0) is 23.1 Å². The summed E-state index contributed by atoms with van der Waals surface area (Å²) in [5.41, 5.74) is 1.64. The first-order valence-electron chi connectivity index (χ1n) is 12.1. The number of halogens is 3. The Bertz CT molecular complexity index is 1450. The van der Waals surface area contributed by atoms with Gasteiger partial charge in [-0.2, -0.15) is 13.2 Å². The molecule has 0 radical (unpaired) electrons. The van der Waals surface area contributed by atoms with E-state index in [-0.39, 0.29) is 17.8 Å². The highest BCUT2D eigenvalue weighted by Crippen LogP contribution is 2.43. The van der Waals surface area contributed by atoms with E-state index in [1.807, 2.05) is 13.0 Å². The molecular weight excluding hydrogens is 551 g/mol. The SMILES string of the molecule is Cc1cc(Nc2nccc(C(F)(F)F)n2)cc(-c2cnc([C@]3(O)CC[C@H](C(=O)NCc4nncs4)CC3)s2)c1. The van der Waals surface area contributed by atoms with Crippen LogP contribution in [0.25, 0.3) is 10.4 Å². The highest BCUT2D eigenvalue weighted by atomic mass is 32.1. The fourth-order valence-corrected chi connectivity index (χ4v) is 5.99. The monoisotopic (exact) mass is 575 g/mol. The lowest BCUT2D eigenvalue weighted by Crippen LogP contribution is -2.38. The van der Waals surface area contributed by atoms with Crippen LogP contribution in [0.15, 0.2) is 42.2 Å². The Morgan fingerprint density at radius 1 is 1.21 bits per heavy atom. The van der Waals surface area contributed by atoms with E-state index < -0.39 is 17.5 Å². The number of thiazole rings is 1. The van der Waals surface area contributed by atoms with Gasteiger partial charge in [-0.25, -0.2) is 15.0 Å². The number of rotatable bonds is 7. The van der Waals surface area contributed by atoms with Gasteiger partial charge in [-0.1, -0.05) is 6.07 Å². The summed E-state index contributed by atoms with van der Waals surface area (Å²) in [4.78, 5) is 25.3. The molecule has 0 saturated heterocycles. The molecule has 0 bridgehead atoms. The summed E-state index contributed by atoms with van der Waals surface area (Å²) in [6.45, 7) is 2.21. The first-order chi connectivity index (χ1) is 18.6. The molecule has 9 nitrogen and oxygen atoms in total. The van der Waals surface area contributed by atoms with Gasteiger partial charge < -0.3 is 15.7 Å². The number of anilines is 2. The maximum atomic E-state index is 13.0. The summed E-state index contributed by atoms with van der Waals surface area (Å²) in [5, 5.41) is 26.1. The second-order valence-electron chi connectivity index (χ2n) is 9.36. The molecule has 0 spiro atoms. The normalized spacial score (nSPS) is 19.6. The molecule has 3 aromatic heterocycles. The molecule has 1 aliphatic carbocycles. The van der Waals surface area contributed by atoms with Gasteiger partial charge in [-0.3, -0.25) is 4.79 Å². The zero-order valence-electron chi connectivity index (χ0n) is 20.7. The minimum Gasteiger partial charge on any atom is -0.383 e. The van der Waals surface area contributed by atoms with Crippen LogP contribution in [0.5, 0.6) is 0 Å². The third-order valence-electron chi connectivity index (χ3n) is 6.47. The molecule has 39 heavy (non-hydrogen) atoms. The van der Waals surface area contributed by atoms with E-state index in [2.05, 4.69) is 35.8 Å². The fraction of sp³-hybridized carbons (Fsp3) is 0.360. The van der Waals surface area contributed by atoms with Crippen molar-refractivity contribution in [2.45, 2.75) is 50.9 Å². The number of aliphatic hydroxyl groups is 1. The minimum absolute atomic E-state index is 0.0587. The smallest absolute Gasteiger partial charge is 0.383 e. The van der Waals surface area contributed by atoms with Crippen LogP contribution in [0.3, 0.4) is 0 Å². The summed E-state index contributed by atoms with van der Waals surface area (Å²) in [7, 11) is 0. The van der Waals surface area contributed by atoms with Crippen molar-refractivity contribution in [3.63, 3.8) is 0 Å². The number of nitrogens with zero attached hydrogens (tertiary/aromatic N) is 5. The van der Waals surface area contributed by atoms with Gasteiger partial charge in [-0.05, 0) is 61.9 Å². The Labute approximate surface area is 229 Å². The molecule has 204 valence electrons. The lowest BCUT2D eigenvalue weighted by Gasteiger charge is -2.33. The van der Waals surface area contributed by atoms with E-state index in [0.717, 1.165) is 33.3 Å². The summed E-state index contributed by atoms with van der Waals surface area (Å²) in [6.07, 6.45) is 0.0408. The van der Waals surface area contributed by atoms with Gasteiger partial charge in [0.2, 0.25) is 11.9 Å². The minimum atomic E-state index is -4.57. The van der Waals surface area contributed by atoms with E-state index in [4.69, 9.17) is 0 Å². The molecule has 3 heterocycles. The fourth-order valence-electron chi connectivity index (χ4n) is 4.48. The lowest BCUT2D eigenvalue weighted by molar-refractivity contribution is -0.141. The van der Waals surface area contributed by atoms with Gasteiger partial charge in [-0.15, -0.1) is 32.9 Å². The predicted octanol–water partition coefficient (Wildman–Crippen LogP) is 5.22. The Balaban J connectivity index is 1.25. The predicted molar refractivity (Wildman–Crippen MR) is 140 cm³/mol.